The van der Waals surface area contributed by atoms with Crippen molar-refractivity contribution >= 4 is 66.8 Å². The number of anilines is 1. The average molecular weight is 614 g/mol. The summed E-state index contributed by atoms with van der Waals surface area (Å²) in [5, 5.41) is 0. The van der Waals surface area contributed by atoms with Crippen molar-refractivity contribution in [3.8, 4) is 0 Å². The fourth-order valence-corrected chi connectivity index (χ4v) is 7.15. The molecule has 0 saturated carbocycles. The molecular weight excluding hydrogens is 587 g/mol. The van der Waals surface area contributed by atoms with E-state index in [1.807, 2.05) is 0 Å². The molecule has 0 aromatic heterocycles. The van der Waals surface area contributed by atoms with Crippen molar-refractivity contribution in [1.82, 2.24) is 4.72 Å². The lowest BCUT2D eigenvalue weighted by atomic mass is 9.77. The predicted octanol–water partition coefficient (Wildman–Crippen LogP) is 4.43. The highest BCUT2D eigenvalue weighted by Gasteiger charge is 2.61. The SMILES string of the molecule is CC[C@]1(C(=O)OC(C)(C)C)c2ccccc2N(S(=O)(=O)c2ccccc2)[C@@H]1NS(=O)(=O)OCC(Cl)(Cl)Cl. The van der Waals surface area contributed by atoms with E-state index in [1.165, 1.54) is 30.3 Å². The van der Waals surface area contributed by atoms with E-state index in [9.17, 15) is 21.6 Å². The Morgan fingerprint density at radius 3 is 2.11 bits per heavy atom. The molecule has 0 bridgehead atoms. The lowest BCUT2D eigenvalue weighted by Gasteiger charge is -2.38. The Morgan fingerprint density at radius 1 is 1.00 bits per heavy atom. The molecule has 2 aromatic carbocycles. The Morgan fingerprint density at radius 2 is 1.57 bits per heavy atom. The van der Waals surface area contributed by atoms with Crippen molar-refractivity contribution in [3.05, 3.63) is 60.2 Å². The first-order valence-corrected chi connectivity index (χ1v) is 15.1. The zero-order valence-corrected chi connectivity index (χ0v) is 24.3. The number of benzene rings is 2. The first-order valence-electron chi connectivity index (χ1n) is 11.1. The van der Waals surface area contributed by atoms with Crippen LogP contribution in [0.3, 0.4) is 0 Å². The van der Waals surface area contributed by atoms with Gasteiger partial charge in [-0.05, 0) is 51.0 Å². The second kappa shape index (κ2) is 10.5. The van der Waals surface area contributed by atoms with Gasteiger partial charge in [-0.3, -0.25) is 8.98 Å². The van der Waals surface area contributed by atoms with E-state index in [4.69, 9.17) is 43.7 Å². The maximum Gasteiger partial charge on any atom is 0.337 e. The Labute approximate surface area is 232 Å². The van der Waals surface area contributed by atoms with Crippen molar-refractivity contribution in [1.29, 1.82) is 0 Å². The Kier molecular flexibility index (Phi) is 8.51. The van der Waals surface area contributed by atoms with Crippen LogP contribution in [0.1, 0.15) is 39.7 Å². The first-order chi connectivity index (χ1) is 16.9. The van der Waals surface area contributed by atoms with Gasteiger partial charge in [0.25, 0.3) is 10.0 Å². The molecule has 1 aliphatic rings. The molecule has 1 heterocycles. The first kappa shape index (κ1) is 29.9. The number of carbonyl (C=O) groups excluding carboxylic acids is 1. The largest absolute Gasteiger partial charge is 0.459 e. The van der Waals surface area contributed by atoms with Gasteiger partial charge in [0.15, 0.2) is 0 Å². The molecule has 2 atom stereocenters. The standard InChI is InChI=1S/C23H27Cl3N2O7S2/c1-5-22(20(29)35-21(2,3)4)17-13-9-10-14-18(17)28(36(30,31)16-11-7-6-8-12-16)19(22)27-37(32,33)34-15-23(24,25)26/h6-14,19,27H,5,15H2,1-4H3/t19-,22-/m0/s1. The van der Waals surface area contributed by atoms with E-state index in [1.54, 1.807) is 52.0 Å². The van der Waals surface area contributed by atoms with Crippen LogP contribution in [0.2, 0.25) is 0 Å². The number of hydrogen-bond donors (Lipinski definition) is 1. The molecule has 3 rings (SSSR count). The minimum Gasteiger partial charge on any atom is -0.459 e. The second-order valence-electron chi connectivity index (χ2n) is 9.31. The van der Waals surface area contributed by atoms with Gasteiger partial charge >= 0.3 is 16.3 Å². The predicted molar refractivity (Wildman–Crippen MR) is 142 cm³/mol. The quantitative estimate of drug-likeness (QED) is 0.346. The van der Waals surface area contributed by atoms with Crippen LogP contribution in [-0.2, 0) is 39.5 Å². The van der Waals surface area contributed by atoms with Gasteiger partial charge in [0.2, 0.25) is 3.79 Å². The third kappa shape index (κ3) is 6.35. The number of fused-ring (bicyclic) bond motifs is 1. The number of nitrogens with one attached hydrogen (secondary N) is 1. The van der Waals surface area contributed by atoms with Crippen LogP contribution < -0.4 is 9.03 Å². The fraction of sp³-hybridized carbons (Fsp3) is 0.435. The van der Waals surface area contributed by atoms with Crippen LogP contribution in [0.15, 0.2) is 59.5 Å². The average Bonchev–Trinajstić information content (AvgIpc) is 3.07. The molecular formula is C23H27Cl3N2O7S2. The zero-order chi connectivity index (χ0) is 27.9. The topological polar surface area (TPSA) is 119 Å². The minimum atomic E-state index is -4.77. The second-order valence-corrected chi connectivity index (χ2v) is 15.0. The number of sulfonamides is 1. The molecule has 0 unspecified atom stereocenters. The molecule has 0 radical (unpaired) electrons. The number of para-hydroxylation sites is 1. The fourth-order valence-electron chi connectivity index (χ4n) is 4.09. The van der Waals surface area contributed by atoms with Gasteiger partial charge in [-0.25, -0.2) is 12.7 Å². The van der Waals surface area contributed by atoms with E-state index in [2.05, 4.69) is 4.72 Å². The Bertz CT molecular complexity index is 1360. The summed E-state index contributed by atoms with van der Waals surface area (Å²) in [4.78, 5) is 13.7. The third-order valence-corrected chi connectivity index (χ3v) is 8.64. The monoisotopic (exact) mass is 612 g/mol. The smallest absolute Gasteiger partial charge is 0.337 e. The Balaban J connectivity index is 2.27. The maximum absolute atomic E-state index is 14.0. The summed E-state index contributed by atoms with van der Waals surface area (Å²) in [6.07, 6.45) is -1.74. The molecule has 0 spiro atoms. The highest BCUT2D eigenvalue weighted by Crippen LogP contribution is 2.50. The molecule has 0 fully saturated rings. The van der Waals surface area contributed by atoms with E-state index in [0.717, 1.165) is 4.31 Å². The molecule has 1 N–H and O–H groups in total. The van der Waals surface area contributed by atoms with Gasteiger partial charge in [0, 0.05) is 0 Å². The molecule has 0 amide bonds. The number of halogens is 3. The van der Waals surface area contributed by atoms with Gasteiger partial charge in [-0.15, -0.1) is 0 Å². The van der Waals surface area contributed by atoms with E-state index in [0.29, 0.717) is 0 Å². The zero-order valence-electron chi connectivity index (χ0n) is 20.4. The van der Waals surface area contributed by atoms with Gasteiger partial charge in [0.1, 0.15) is 23.8 Å². The molecule has 1 aliphatic heterocycles. The van der Waals surface area contributed by atoms with Crippen molar-refractivity contribution in [2.75, 3.05) is 10.9 Å². The number of carbonyl (C=O) groups is 1. The minimum absolute atomic E-state index is 0.0304. The molecule has 2 aromatic rings. The number of esters is 1. The van der Waals surface area contributed by atoms with E-state index < -0.39 is 53.9 Å². The van der Waals surface area contributed by atoms with Crippen molar-refractivity contribution in [2.24, 2.45) is 0 Å². The molecule has 37 heavy (non-hydrogen) atoms. The number of hydrogen-bond acceptors (Lipinski definition) is 7. The normalized spacial score (nSPS) is 20.5. The van der Waals surface area contributed by atoms with Gasteiger partial charge < -0.3 is 4.74 Å². The van der Waals surface area contributed by atoms with Crippen LogP contribution in [0.4, 0.5) is 5.69 Å². The molecule has 0 saturated heterocycles. The number of nitrogens with zero attached hydrogens (tertiary/aromatic N) is 1. The van der Waals surface area contributed by atoms with Crippen LogP contribution in [0.25, 0.3) is 0 Å². The van der Waals surface area contributed by atoms with Crippen molar-refractivity contribution in [2.45, 2.75) is 60.0 Å². The van der Waals surface area contributed by atoms with Crippen LogP contribution in [0, 0.1) is 0 Å². The van der Waals surface area contributed by atoms with Crippen molar-refractivity contribution in [3.63, 3.8) is 0 Å². The number of ether oxygens (including phenoxy) is 1. The molecule has 204 valence electrons. The highest BCUT2D eigenvalue weighted by molar-refractivity contribution is 7.93. The third-order valence-electron chi connectivity index (χ3n) is 5.58. The summed E-state index contributed by atoms with van der Waals surface area (Å²) in [6, 6.07) is 13.7. The van der Waals surface area contributed by atoms with Crippen LogP contribution in [-0.4, -0.2) is 45.0 Å². The summed E-state index contributed by atoms with van der Waals surface area (Å²) in [5.74, 6) is -0.824. The molecule has 9 nitrogen and oxygen atoms in total. The van der Waals surface area contributed by atoms with Crippen LogP contribution >= 0.6 is 34.8 Å². The van der Waals surface area contributed by atoms with Gasteiger partial charge in [-0.1, -0.05) is 78.1 Å². The summed E-state index contributed by atoms with van der Waals surface area (Å²) >= 11 is 16.9. The highest BCUT2D eigenvalue weighted by atomic mass is 35.6. The molecule has 0 aliphatic carbocycles. The van der Waals surface area contributed by atoms with E-state index in [-0.39, 0.29) is 22.6 Å². The summed E-state index contributed by atoms with van der Waals surface area (Å²) in [7, 11) is -9.18. The molecule has 14 heteroatoms. The van der Waals surface area contributed by atoms with Crippen molar-refractivity contribution < 1.29 is 30.6 Å². The lowest BCUT2D eigenvalue weighted by Crippen LogP contribution is -2.61. The van der Waals surface area contributed by atoms with Gasteiger partial charge in [-0.2, -0.15) is 13.1 Å². The Hall–Kier alpha value is -1.60. The summed E-state index contributed by atoms with van der Waals surface area (Å²) < 4.78 is 65.5. The number of rotatable bonds is 8. The van der Waals surface area contributed by atoms with Crippen LogP contribution in [0.5, 0.6) is 0 Å². The summed E-state index contributed by atoms with van der Waals surface area (Å²) in [6.45, 7) is 5.72. The summed E-state index contributed by atoms with van der Waals surface area (Å²) in [5.41, 5.74) is -2.38. The maximum atomic E-state index is 14.0. The van der Waals surface area contributed by atoms with E-state index >= 15 is 0 Å². The van der Waals surface area contributed by atoms with Gasteiger partial charge in [0.05, 0.1) is 10.6 Å². The lowest BCUT2D eigenvalue weighted by molar-refractivity contribution is -0.163. The number of alkyl halides is 3.